The van der Waals surface area contributed by atoms with Gasteiger partial charge in [-0.05, 0) is 37.2 Å². The van der Waals surface area contributed by atoms with E-state index in [1.807, 2.05) is 0 Å². The van der Waals surface area contributed by atoms with Crippen molar-refractivity contribution in [1.82, 2.24) is 5.32 Å². The van der Waals surface area contributed by atoms with Crippen LogP contribution >= 0.6 is 0 Å². The van der Waals surface area contributed by atoms with Gasteiger partial charge >= 0.3 is 0 Å². The third-order valence-electron chi connectivity index (χ3n) is 4.40. The molecule has 2 heteroatoms. The fourth-order valence-electron chi connectivity index (χ4n) is 3.37. The van der Waals surface area contributed by atoms with Gasteiger partial charge < -0.3 is 9.73 Å². The lowest BCUT2D eigenvalue weighted by atomic mass is 9.74. The van der Waals surface area contributed by atoms with E-state index in [2.05, 4.69) is 52.9 Å². The molecule has 0 saturated carbocycles. The van der Waals surface area contributed by atoms with Crippen LogP contribution in [-0.2, 0) is 6.42 Å². The van der Waals surface area contributed by atoms with E-state index in [-0.39, 0.29) is 0 Å². The Kier molecular flexibility index (Phi) is 4.10. The van der Waals surface area contributed by atoms with Crippen LogP contribution < -0.4 is 5.32 Å². The van der Waals surface area contributed by atoms with Crippen molar-refractivity contribution in [3.8, 4) is 0 Å². The van der Waals surface area contributed by atoms with Crippen molar-refractivity contribution in [2.24, 2.45) is 11.3 Å². The molecule has 0 radical (unpaired) electrons. The Morgan fingerprint density at radius 3 is 2.68 bits per heavy atom. The van der Waals surface area contributed by atoms with Crippen LogP contribution in [0, 0.1) is 18.3 Å². The van der Waals surface area contributed by atoms with Gasteiger partial charge in [0.1, 0.15) is 11.5 Å². The van der Waals surface area contributed by atoms with Crippen molar-refractivity contribution in [1.29, 1.82) is 0 Å². The normalized spacial score (nSPS) is 23.4. The zero-order chi connectivity index (χ0) is 14.2. The van der Waals surface area contributed by atoms with Gasteiger partial charge in [0.2, 0.25) is 0 Å². The smallest absolute Gasteiger partial charge is 0.109 e. The molecule has 0 spiro atoms. The molecule has 1 N–H and O–H groups in total. The fourth-order valence-corrected chi connectivity index (χ4v) is 3.37. The van der Waals surface area contributed by atoms with Crippen LogP contribution in [-0.4, -0.2) is 6.04 Å². The molecule has 1 aromatic rings. The quantitative estimate of drug-likeness (QED) is 0.857. The van der Waals surface area contributed by atoms with Gasteiger partial charge in [-0.25, -0.2) is 0 Å². The summed E-state index contributed by atoms with van der Waals surface area (Å²) >= 11 is 0. The lowest BCUT2D eigenvalue weighted by Gasteiger charge is -2.37. The number of hydrogen-bond acceptors (Lipinski definition) is 2. The summed E-state index contributed by atoms with van der Waals surface area (Å²) in [5.74, 6) is 2.92. The number of aryl methyl sites for hydroxylation is 1. The van der Waals surface area contributed by atoms with E-state index < -0.39 is 0 Å². The van der Waals surface area contributed by atoms with Crippen LogP contribution in [0.2, 0.25) is 0 Å². The lowest BCUT2D eigenvalue weighted by molar-refractivity contribution is 0.212. The van der Waals surface area contributed by atoms with Crippen LogP contribution in [0.5, 0.6) is 0 Å². The molecule has 1 aromatic heterocycles. The second kappa shape index (κ2) is 5.32. The molecule has 0 aromatic carbocycles. The van der Waals surface area contributed by atoms with E-state index in [0.717, 1.165) is 12.2 Å². The van der Waals surface area contributed by atoms with Crippen molar-refractivity contribution < 1.29 is 4.42 Å². The Balaban J connectivity index is 2.24. The predicted octanol–water partition coefficient (Wildman–Crippen LogP) is 4.63. The second-order valence-electron chi connectivity index (χ2n) is 7.26. The first-order valence-electron chi connectivity index (χ1n) is 7.67. The molecular weight excluding hydrogens is 234 g/mol. The van der Waals surface area contributed by atoms with Gasteiger partial charge in [0.05, 0.1) is 0 Å². The number of nitrogens with one attached hydrogen (secondary N) is 1. The molecule has 108 valence electrons. The van der Waals surface area contributed by atoms with Crippen LogP contribution in [0.1, 0.15) is 70.6 Å². The van der Waals surface area contributed by atoms with Gasteiger partial charge in [-0.1, -0.05) is 34.6 Å². The number of furan rings is 1. The van der Waals surface area contributed by atoms with E-state index >= 15 is 0 Å². The Hall–Kier alpha value is -0.760. The van der Waals surface area contributed by atoms with Crippen LogP contribution in [0.3, 0.4) is 0 Å². The minimum absolute atomic E-state index is 0.324. The third-order valence-corrected chi connectivity index (χ3v) is 4.40. The maximum Gasteiger partial charge on any atom is 0.109 e. The van der Waals surface area contributed by atoms with E-state index in [9.17, 15) is 0 Å². The largest absolute Gasteiger partial charge is 0.466 e. The topological polar surface area (TPSA) is 25.2 Å². The first kappa shape index (κ1) is 14.6. The van der Waals surface area contributed by atoms with Crippen LogP contribution in [0.4, 0.5) is 0 Å². The fraction of sp³-hybridized carbons (Fsp3) is 0.765. The van der Waals surface area contributed by atoms with Crippen LogP contribution in [0.15, 0.2) is 10.5 Å². The van der Waals surface area contributed by atoms with Crippen molar-refractivity contribution in [3.05, 3.63) is 23.2 Å². The van der Waals surface area contributed by atoms with Gasteiger partial charge in [-0.15, -0.1) is 0 Å². The van der Waals surface area contributed by atoms with Crippen molar-refractivity contribution in [2.45, 2.75) is 72.9 Å². The molecular formula is C17H29NO. The SMILES string of the molecule is CCC(NC1CC(C)(C)Cc2oc(C)cc21)C(C)C. The average Bonchev–Trinajstić information content (AvgIpc) is 2.63. The van der Waals surface area contributed by atoms with Crippen molar-refractivity contribution in [3.63, 3.8) is 0 Å². The minimum Gasteiger partial charge on any atom is -0.466 e. The van der Waals surface area contributed by atoms with Crippen molar-refractivity contribution in [2.75, 3.05) is 0 Å². The molecule has 2 rings (SSSR count). The predicted molar refractivity (Wildman–Crippen MR) is 80.3 cm³/mol. The summed E-state index contributed by atoms with van der Waals surface area (Å²) in [7, 11) is 0. The highest BCUT2D eigenvalue weighted by molar-refractivity contribution is 5.29. The summed E-state index contributed by atoms with van der Waals surface area (Å²) in [4.78, 5) is 0. The molecule has 2 atom stereocenters. The summed E-state index contributed by atoms with van der Waals surface area (Å²) in [5.41, 5.74) is 1.72. The van der Waals surface area contributed by atoms with Gasteiger partial charge in [0.25, 0.3) is 0 Å². The first-order valence-corrected chi connectivity index (χ1v) is 7.67. The maximum absolute atomic E-state index is 5.91. The highest BCUT2D eigenvalue weighted by atomic mass is 16.3. The molecule has 1 heterocycles. The van der Waals surface area contributed by atoms with Crippen LogP contribution in [0.25, 0.3) is 0 Å². The maximum atomic E-state index is 5.91. The highest BCUT2D eigenvalue weighted by Gasteiger charge is 2.35. The summed E-state index contributed by atoms with van der Waals surface area (Å²) in [6, 6.07) is 3.26. The van der Waals surface area contributed by atoms with E-state index in [1.165, 1.54) is 24.2 Å². The molecule has 0 aliphatic heterocycles. The van der Waals surface area contributed by atoms with Gasteiger partial charge in [0, 0.05) is 24.1 Å². The lowest BCUT2D eigenvalue weighted by Crippen LogP contribution is -2.40. The molecule has 0 saturated heterocycles. The third kappa shape index (κ3) is 3.22. The molecule has 0 bridgehead atoms. The summed E-state index contributed by atoms with van der Waals surface area (Å²) < 4.78 is 5.91. The Morgan fingerprint density at radius 2 is 2.11 bits per heavy atom. The summed E-state index contributed by atoms with van der Waals surface area (Å²) in [5, 5.41) is 3.87. The molecule has 19 heavy (non-hydrogen) atoms. The van der Waals surface area contributed by atoms with Gasteiger partial charge in [-0.2, -0.15) is 0 Å². The average molecular weight is 263 g/mol. The van der Waals surface area contributed by atoms with Gasteiger partial charge in [-0.3, -0.25) is 0 Å². The standard InChI is InChI=1S/C17H29NO/c1-7-14(11(2)3)18-15-9-17(5,6)10-16-13(15)8-12(4)19-16/h8,11,14-15,18H,7,9-10H2,1-6H3. The summed E-state index contributed by atoms with van der Waals surface area (Å²) in [6.45, 7) is 13.6. The molecule has 1 aliphatic carbocycles. The van der Waals surface area contributed by atoms with E-state index in [0.29, 0.717) is 23.4 Å². The van der Waals surface area contributed by atoms with E-state index in [1.54, 1.807) is 0 Å². The zero-order valence-corrected chi connectivity index (χ0v) is 13.3. The number of hydrogen-bond donors (Lipinski definition) is 1. The summed E-state index contributed by atoms with van der Waals surface area (Å²) in [6.07, 6.45) is 3.44. The Labute approximate surface area is 118 Å². The molecule has 2 unspecified atom stereocenters. The molecule has 0 fully saturated rings. The minimum atomic E-state index is 0.324. The Bertz CT molecular complexity index is 430. The zero-order valence-electron chi connectivity index (χ0n) is 13.3. The highest BCUT2D eigenvalue weighted by Crippen LogP contribution is 2.42. The van der Waals surface area contributed by atoms with Gasteiger partial charge in [0.15, 0.2) is 0 Å². The molecule has 2 nitrogen and oxygen atoms in total. The number of fused-ring (bicyclic) bond motifs is 1. The number of rotatable bonds is 4. The molecule has 1 aliphatic rings. The monoisotopic (exact) mass is 263 g/mol. The van der Waals surface area contributed by atoms with Crippen molar-refractivity contribution >= 4 is 0 Å². The first-order chi connectivity index (χ1) is 8.82. The van der Waals surface area contributed by atoms with E-state index in [4.69, 9.17) is 4.42 Å². The second-order valence-corrected chi connectivity index (χ2v) is 7.26. The Morgan fingerprint density at radius 1 is 1.42 bits per heavy atom. The molecule has 0 amide bonds.